The van der Waals surface area contributed by atoms with Crippen LogP contribution >= 0.6 is 0 Å². The molecule has 1 aromatic rings. The number of aryl methyl sites for hydroxylation is 1. The van der Waals surface area contributed by atoms with Crippen LogP contribution in [-0.4, -0.2) is 41.9 Å². The third-order valence-corrected chi connectivity index (χ3v) is 5.09. The summed E-state index contributed by atoms with van der Waals surface area (Å²) in [5.74, 6) is -0.162. The Morgan fingerprint density at radius 3 is 2.50 bits per heavy atom. The molecule has 0 aliphatic carbocycles. The Morgan fingerprint density at radius 2 is 1.96 bits per heavy atom. The lowest BCUT2D eigenvalue weighted by atomic mass is 9.90. The summed E-state index contributed by atoms with van der Waals surface area (Å²) in [5, 5.41) is 15.1. The van der Waals surface area contributed by atoms with E-state index in [4.69, 9.17) is 0 Å². The molecule has 0 radical (unpaired) electrons. The Morgan fingerprint density at radius 1 is 1.31 bits per heavy atom. The molecule has 1 atom stereocenters. The number of nitriles is 1. The maximum atomic E-state index is 12.4. The highest BCUT2D eigenvalue weighted by molar-refractivity contribution is 5.95. The van der Waals surface area contributed by atoms with E-state index >= 15 is 0 Å². The van der Waals surface area contributed by atoms with E-state index in [0.717, 1.165) is 37.2 Å². The Kier molecular flexibility index (Phi) is 6.25. The predicted molar refractivity (Wildman–Crippen MR) is 102 cm³/mol. The van der Waals surface area contributed by atoms with Gasteiger partial charge in [0.05, 0.1) is 12.6 Å². The highest BCUT2D eigenvalue weighted by Crippen LogP contribution is 2.20. The van der Waals surface area contributed by atoms with Gasteiger partial charge in [-0.15, -0.1) is 0 Å². The summed E-state index contributed by atoms with van der Waals surface area (Å²) < 4.78 is 0. The molecule has 0 bridgehead atoms. The molecule has 0 saturated carbocycles. The number of nitrogens with one attached hydrogen (secondary N) is 2. The lowest BCUT2D eigenvalue weighted by molar-refractivity contribution is -0.121. The van der Waals surface area contributed by atoms with Gasteiger partial charge in [-0.1, -0.05) is 13.8 Å². The number of nitrogens with zero attached hydrogens (tertiary/aromatic N) is 2. The first-order chi connectivity index (χ1) is 12.3. The molecule has 2 rings (SSSR count). The number of likely N-dealkylation sites (tertiary alicyclic amines) is 1. The first kappa shape index (κ1) is 19.8. The highest BCUT2D eigenvalue weighted by atomic mass is 16.2. The molecule has 0 aromatic heterocycles. The number of carbonyl (C=O) groups is 2. The molecule has 6 nitrogen and oxygen atoms in total. The van der Waals surface area contributed by atoms with Crippen LogP contribution in [0.15, 0.2) is 18.2 Å². The average Bonchev–Trinajstić information content (AvgIpc) is 3.14. The number of carbonyl (C=O) groups excluding carboxylic acids is 2. The standard InChI is InChI=1S/C20H28N4O2/c1-14(2)20(4,13-21)23-18(25)12-22-17-8-7-16(11-15(17)3)19(26)24-9-5-6-10-24/h7-8,11,14,22H,5-6,9-10,12H2,1-4H3,(H,23,25). The molecule has 1 fully saturated rings. The van der Waals surface area contributed by atoms with Crippen LogP contribution in [0.3, 0.4) is 0 Å². The second-order valence-corrected chi connectivity index (χ2v) is 7.40. The predicted octanol–water partition coefficient (Wildman–Crippen LogP) is 2.70. The Bertz CT molecular complexity index is 717. The van der Waals surface area contributed by atoms with Crippen LogP contribution in [0.25, 0.3) is 0 Å². The number of hydrogen-bond acceptors (Lipinski definition) is 4. The molecule has 1 unspecified atom stereocenters. The third-order valence-electron chi connectivity index (χ3n) is 5.09. The minimum absolute atomic E-state index is 0.00840. The van der Waals surface area contributed by atoms with Crippen LogP contribution in [0.2, 0.25) is 0 Å². The van der Waals surface area contributed by atoms with E-state index in [0.29, 0.717) is 5.56 Å². The van der Waals surface area contributed by atoms with Gasteiger partial charge < -0.3 is 15.5 Å². The van der Waals surface area contributed by atoms with E-state index < -0.39 is 5.54 Å². The summed E-state index contributed by atoms with van der Waals surface area (Å²) in [6, 6.07) is 7.64. The van der Waals surface area contributed by atoms with Gasteiger partial charge in [-0.3, -0.25) is 9.59 Å². The molecule has 0 spiro atoms. The van der Waals surface area contributed by atoms with Crippen molar-refractivity contribution in [1.82, 2.24) is 10.2 Å². The fourth-order valence-corrected chi connectivity index (χ4v) is 2.91. The Labute approximate surface area is 155 Å². The summed E-state index contributed by atoms with van der Waals surface area (Å²) in [5.41, 5.74) is 1.51. The maximum Gasteiger partial charge on any atom is 0.253 e. The molecule has 140 valence electrons. The van der Waals surface area contributed by atoms with E-state index in [9.17, 15) is 14.9 Å². The number of hydrogen-bond donors (Lipinski definition) is 2. The summed E-state index contributed by atoms with van der Waals surface area (Å²) in [6.45, 7) is 9.16. The van der Waals surface area contributed by atoms with Crippen molar-refractivity contribution in [2.24, 2.45) is 5.92 Å². The highest BCUT2D eigenvalue weighted by Gasteiger charge is 2.29. The molecule has 1 aliphatic heterocycles. The van der Waals surface area contributed by atoms with E-state index in [1.165, 1.54) is 0 Å². The molecule has 6 heteroatoms. The van der Waals surface area contributed by atoms with Crippen LogP contribution in [-0.2, 0) is 4.79 Å². The third kappa shape index (κ3) is 4.54. The largest absolute Gasteiger partial charge is 0.376 e. The van der Waals surface area contributed by atoms with E-state index in [1.54, 1.807) is 13.0 Å². The first-order valence-corrected chi connectivity index (χ1v) is 9.13. The van der Waals surface area contributed by atoms with Crippen molar-refractivity contribution in [2.45, 2.75) is 46.1 Å². The summed E-state index contributed by atoms with van der Waals surface area (Å²) in [6.07, 6.45) is 2.13. The minimum atomic E-state index is -0.889. The van der Waals surface area contributed by atoms with Crippen LogP contribution < -0.4 is 10.6 Å². The van der Waals surface area contributed by atoms with E-state index in [1.807, 2.05) is 37.8 Å². The molecule has 1 heterocycles. The zero-order valence-corrected chi connectivity index (χ0v) is 16.1. The van der Waals surface area contributed by atoms with Crippen molar-refractivity contribution >= 4 is 17.5 Å². The van der Waals surface area contributed by atoms with Crippen molar-refractivity contribution in [3.63, 3.8) is 0 Å². The van der Waals surface area contributed by atoms with Crippen molar-refractivity contribution in [3.05, 3.63) is 29.3 Å². The van der Waals surface area contributed by atoms with Gasteiger partial charge in [-0.25, -0.2) is 0 Å². The van der Waals surface area contributed by atoms with Crippen molar-refractivity contribution in [3.8, 4) is 6.07 Å². The van der Waals surface area contributed by atoms with Gasteiger partial charge in [-0.2, -0.15) is 5.26 Å². The summed E-state index contributed by atoms with van der Waals surface area (Å²) >= 11 is 0. The molecule has 26 heavy (non-hydrogen) atoms. The van der Waals surface area contributed by atoms with E-state index in [2.05, 4.69) is 16.7 Å². The minimum Gasteiger partial charge on any atom is -0.376 e. The van der Waals surface area contributed by atoms with Gasteiger partial charge in [0.15, 0.2) is 0 Å². The molecular formula is C20H28N4O2. The Balaban J connectivity index is 1.97. The molecule has 2 amide bonds. The smallest absolute Gasteiger partial charge is 0.253 e. The lowest BCUT2D eigenvalue weighted by Gasteiger charge is -2.27. The van der Waals surface area contributed by atoms with Crippen LogP contribution in [0.5, 0.6) is 0 Å². The molecule has 1 aliphatic rings. The van der Waals surface area contributed by atoms with Gasteiger partial charge in [0, 0.05) is 24.3 Å². The fourth-order valence-electron chi connectivity index (χ4n) is 2.91. The van der Waals surface area contributed by atoms with Gasteiger partial charge in [0.25, 0.3) is 5.91 Å². The fraction of sp³-hybridized carbons (Fsp3) is 0.550. The zero-order chi connectivity index (χ0) is 19.3. The second kappa shape index (κ2) is 8.22. The van der Waals surface area contributed by atoms with Gasteiger partial charge in [0.1, 0.15) is 5.54 Å². The number of benzene rings is 1. The van der Waals surface area contributed by atoms with Crippen molar-refractivity contribution in [1.29, 1.82) is 5.26 Å². The van der Waals surface area contributed by atoms with Gasteiger partial charge in [0.2, 0.25) is 5.91 Å². The van der Waals surface area contributed by atoms with Crippen molar-refractivity contribution in [2.75, 3.05) is 25.0 Å². The molecule has 2 N–H and O–H groups in total. The number of rotatable bonds is 6. The van der Waals surface area contributed by atoms with Crippen LogP contribution in [0.4, 0.5) is 5.69 Å². The quantitative estimate of drug-likeness (QED) is 0.821. The molecule has 1 aromatic carbocycles. The number of amides is 2. The monoisotopic (exact) mass is 356 g/mol. The van der Waals surface area contributed by atoms with Gasteiger partial charge >= 0.3 is 0 Å². The van der Waals surface area contributed by atoms with Gasteiger partial charge in [-0.05, 0) is 56.4 Å². The molecular weight excluding hydrogens is 328 g/mol. The first-order valence-electron chi connectivity index (χ1n) is 9.13. The number of anilines is 1. The normalized spacial score (nSPS) is 16.1. The zero-order valence-electron chi connectivity index (χ0n) is 16.1. The lowest BCUT2D eigenvalue weighted by Crippen LogP contribution is -2.50. The topological polar surface area (TPSA) is 85.2 Å². The van der Waals surface area contributed by atoms with Crippen molar-refractivity contribution < 1.29 is 9.59 Å². The maximum absolute atomic E-state index is 12.4. The summed E-state index contributed by atoms with van der Waals surface area (Å²) in [4.78, 5) is 26.5. The van der Waals surface area contributed by atoms with Crippen LogP contribution in [0, 0.1) is 24.2 Å². The van der Waals surface area contributed by atoms with E-state index in [-0.39, 0.29) is 24.3 Å². The molecule has 1 saturated heterocycles. The Hall–Kier alpha value is -2.55. The van der Waals surface area contributed by atoms with Crippen LogP contribution in [0.1, 0.15) is 49.5 Å². The second-order valence-electron chi connectivity index (χ2n) is 7.40. The SMILES string of the molecule is Cc1cc(C(=O)N2CCCC2)ccc1NCC(=O)NC(C)(C#N)C(C)C. The average molecular weight is 356 g/mol. The summed E-state index contributed by atoms with van der Waals surface area (Å²) in [7, 11) is 0.